The minimum atomic E-state index is -7.43. The average Bonchev–Trinajstić information content (AvgIpc) is 2.92. The number of alkyl halides is 27. The van der Waals surface area contributed by atoms with Gasteiger partial charge in [0.05, 0.1) is 19.8 Å². The summed E-state index contributed by atoms with van der Waals surface area (Å²) in [4.78, 5) is 0. The molecule has 0 atom stereocenters. The minimum absolute atomic E-state index is 0.954. The molecule has 0 aliphatic rings. The number of ether oxygens (including phenoxy) is 3. The molecule has 314 valence electrons. The third-order valence-electron chi connectivity index (χ3n) is 6.05. The molecule has 52 heavy (non-hydrogen) atoms. The van der Waals surface area contributed by atoms with Crippen LogP contribution in [0.4, 0.5) is 119 Å². The van der Waals surface area contributed by atoms with Gasteiger partial charge in [0.1, 0.15) is 0 Å². The van der Waals surface area contributed by atoms with Crippen LogP contribution < -0.4 is 0 Å². The maximum absolute atomic E-state index is 13.5. The molecule has 0 heterocycles. The molecule has 0 fully saturated rings. The van der Waals surface area contributed by atoms with Gasteiger partial charge in [0.15, 0.2) is 0 Å². The van der Waals surface area contributed by atoms with E-state index in [-0.39, 0.29) is 0 Å². The number of hydrogen-bond acceptors (Lipinski definition) is 3. The van der Waals surface area contributed by atoms with Gasteiger partial charge >= 0.3 is 72.4 Å². The van der Waals surface area contributed by atoms with E-state index in [1.807, 2.05) is 0 Å². The molecule has 0 bridgehead atoms. The largest absolute Gasteiger partial charge is 0.460 e. The van der Waals surface area contributed by atoms with E-state index in [0.717, 1.165) is 0 Å². The summed E-state index contributed by atoms with van der Waals surface area (Å²) in [6.45, 7) is -5.80. The second kappa shape index (κ2) is 15.9. The fourth-order valence-corrected chi connectivity index (χ4v) is 5.55. The zero-order valence-electron chi connectivity index (χ0n) is 24.2. The van der Waals surface area contributed by atoms with Gasteiger partial charge in [-0.05, 0) is 37.7 Å². The van der Waals surface area contributed by atoms with Crippen LogP contribution in [0, 0.1) is 0 Å². The average molecular weight is 862 g/mol. The van der Waals surface area contributed by atoms with E-state index in [2.05, 4.69) is 14.2 Å². The SMILES string of the molecule is FC(F)(F)C(F)(F)C(F)(F)C(F)(F)OCCCP(CCCOC(F)(F)C(F)(F)C(F)(F)C(F)(F)F)CCCOC(F)(F)C(F)(F)C(F)(F)C(F)(F)F. The van der Waals surface area contributed by atoms with E-state index < -0.39 is 138 Å². The van der Waals surface area contributed by atoms with E-state index in [0.29, 0.717) is 0 Å². The Hall–Kier alpha value is -1.58. The third kappa shape index (κ3) is 10.2. The van der Waals surface area contributed by atoms with E-state index in [1.165, 1.54) is 0 Å². The molecule has 0 aromatic rings. The van der Waals surface area contributed by atoms with Crippen molar-refractivity contribution in [2.24, 2.45) is 0 Å². The Labute approximate surface area is 271 Å². The highest BCUT2D eigenvalue weighted by atomic mass is 31.1. The van der Waals surface area contributed by atoms with Gasteiger partial charge in [-0.3, -0.25) is 0 Å². The smallest absolute Gasteiger partial charge is 0.315 e. The Morgan fingerprint density at radius 1 is 0.269 bits per heavy atom. The molecular weight excluding hydrogens is 844 g/mol. The van der Waals surface area contributed by atoms with Crippen molar-refractivity contribution in [2.45, 2.75) is 91.7 Å². The van der Waals surface area contributed by atoms with Crippen molar-refractivity contribution in [1.29, 1.82) is 0 Å². The van der Waals surface area contributed by atoms with Crippen LogP contribution in [0.25, 0.3) is 0 Å². The Balaban J connectivity index is 5.79. The summed E-state index contributed by atoms with van der Waals surface area (Å²) in [5.74, 6) is -44.2. The summed E-state index contributed by atoms with van der Waals surface area (Å²) in [5, 5.41) is 0. The molecule has 0 aliphatic heterocycles. The number of hydrogen-bond donors (Lipinski definition) is 0. The molecule has 0 aromatic carbocycles. The predicted octanol–water partition coefficient (Wildman–Crippen LogP) is 11.0. The topological polar surface area (TPSA) is 27.7 Å². The van der Waals surface area contributed by atoms with Gasteiger partial charge in [0.25, 0.3) is 0 Å². The van der Waals surface area contributed by atoms with Gasteiger partial charge in [0, 0.05) is 0 Å². The van der Waals surface area contributed by atoms with Crippen molar-refractivity contribution in [2.75, 3.05) is 38.3 Å². The first-order valence-electron chi connectivity index (χ1n) is 12.8. The molecule has 0 N–H and O–H groups in total. The third-order valence-corrected chi connectivity index (χ3v) is 8.90. The van der Waals surface area contributed by atoms with Crippen molar-refractivity contribution in [3.8, 4) is 0 Å². The second-order valence-corrected chi connectivity index (χ2v) is 12.6. The highest BCUT2D eigenvalue weighted by molar-refractivity contribution is 7.57. The van der Waals surface area contributed by atoms with E-state index in [4.69, 9.17) is 0 Å². The summed E-state index contributed by atoms with van der Waals surface area (Å²) in [6, 6.07) is 0. The Morgan fingerprint density at radius 3 is 0.596 bits per heavy atom. The summed E-state index contributed by atoms with van der Waals surface area (Å²) in [6.07, 6.45) is -48.2. The molecule has 0 spiro atoms. The monoisotopic (exact) mass is 862 g/mol. The van der Waals surface area contributed by atoms with Crippen molar-refractivity contribution in [3.63, 3.8) is 0 Å². The van der Waals surface area contributed by atoms with Gasteiger partial charge in [0.2, 0.25) is 0 Å². The van der Waals surface area contributed by atoms with Crippen molar-refractivity contribution in [1.82, 2.24) is 0 Å². The molecule has 0 unspecified atom stereocenters. The highest BCUT2D eigenvalue weighted by Crippen LogP contribution is 2.56. The molecule has 0 saturated heterocycles. The number of halogens is 27. The van der Waals surface area contributed by atoms with Crippen LogP contribution in [-0.2, 0) is 14.2 Å². The lowest BCUT2D eigenvalue weighted by molar-refractivity contribution is -0.443. The molecule has 0 rings (SSSR count). The Morgan fingerprint density at radius 2 is 0.442 bits per heavy atom. The quantitative estimate of drug-likeness (QED) is 0.0654. The predicted molar refractivity (Wildman–Crippen MR) is 116 cm³/mol. The molecule has 3 nitrogen and oxygen atoms in total. The lowest BCUT2D eigenvalue weighted by Crippen LogP contribution is -2.61. The molecule has 0 aromatic heterocycles. The van der Waals surface area contributed by atoms with Crippen LogP contribution in [0.1, 0.15) is 19.3 Å². The summed E-state index contributed by atoms with van der Waals surface area (Å²) >= 11 is 0. The first-order chi connectivity index (χ1) is 22.5. The summed E-state index contributed by atoms with van der Waals surface area (Å²) in [5.41, 5.74) is 0. The molecule has 0 radical (unpaired) electrons. The maximum Gasteiger partial charge on any atom is 0.460 e. The van der Waals surface area contributed by atoms with Crippen molar-refractivity contribution < 1.29 is 133 Å². The highest BCUT2D eigenvalue weighted by Gasteiger charge is 2.85. The minimum Gasteiger partial charge on any atom is -0.315 e. The van der Waals surface area contributed by atoms with Crippen LogP contribution in [0.2, 0.25) is 0 Å². The first-order valence-corrected chi connectivity index (χ1v) is 14.7. The van der Waals surface area contributed by atoms with Gasteiger partial charge in [-0.25, -0.2) is 0 Å². The van der Waals surface area contributed by atoms with Crippen LogP contribution in [0.3, 0.4) is 0 Å². The fourth-order valence-electron chi connectivity index (χ4n) is 3.16. The van der Waals surface area contributed by atoms with Gasteiger partial charge < -0.3 is 14.2 Å². The molecule has 0 saturated carbocycles. The summed E-state index contributed by atoms with van der Waals surface area (Å²) in [7, 11) is -2.43. The number of rotatable bonds is 21. The Kier molecular flexibility index (Phi) is 15.4. The Bertz CT molecular complexity index is 990. The van der Waals surface area contributed by atoms with Crippen LogP contribution >= 0.6 is 7.92 Å². The van der Waals surface area contributed by atoms with Crippen molar-refractivity contribution >= 4 is 7.92 Å². The maximum atomic E-state index is 13.5. The van der Waals surface area contributed by atoms with Gasteiger partial charge in [-0.15, -0.1) is 7.92 Å². The van der Waals surface area contributed by atoms with E-state index in [9.17, 15) is 119 Å². The molecule has 31 heteroatoms. The molecule has 0 aliphatic carbocycles. The normalized spacial score (nSPS) is 15.9. The summed E-state index contributed by atoms with van der Waals surface area (Å²) < 4.78 is 357. The van der Waals surface area contributed by atoms with Crippen LogP contribution in [0.15, 0.2) is 0 Å². The van der Waals surface area contributed by atoms with Crippen LogP contribution in [0.5, 0.6) is 0 Å². The molecular formula is C21H18F27O3P. The van der Waals surface area contributed by atoms with Gasteiger partial charge in [-0.2, -0.15) is 119 Å². The fraction of sp³-hybridized carbons (Fsp3) is 1.00. The zero-order chi connectivity index (χ0) is 42.1. The van der Waals surface area contributed by atoms with Crippen LogP contribution in [-0.4, -0.2) is 111 Å². The van der Waals surface area contributed by atoms with Gasteiger partial charge in [-0.1, -0.05) is 0 Å². The van der Waals surface area contributed by atoms with Crippen molar-refractivity contribution in [3.05, 3.63) is 0 Å². The standard InChI is InChI=1S/C21H18F27O3P/c22-10(23,16(34,35)36)13(28,29)19(43,44)49-4-1-7-52(8-2-5-50-20(45,46)14(30,31)11(24,25)17(37,38)39)9-3-6-51-21(47,48)15(32,33)12(26,27)18(40,41)42/h1-9H2. The van der Waals surface area contributed by atoms with E-state index in [1.54, 1.807) is 0 Å². The first kappa shape index (κ1) is 50.4. The lowest BCUT2D eigenvalue weighted by Gasteiger charge is -2.33. The zero-order valence-corrected chi connectivity index (χ0v) is 25.1. The molecule has 0 amide bonds. The second-order valence-electron chi connectivity index (χ2n) is 9.94. The van der Waals surface area contributed by atoms with E-state index >= 15 is 0 Å². The lowest BCUT2D eigenvalue weighted by atomic mass is 10.1.